The first-order chi connectivity index (χ1) is 18.4. The lowest BCUT2D eigenvalue weighted by atomic mass is 9.95. The maximum Gasteiger partial charge on any atom is 0.404 e. The molecule has 1 atom stereocenters. The molecule has 1 aliphatic rings. The van der Waals surface area contributed by atoms with Crippen LogP contribution in [0, 0.1) is 0 Å². The number of hydrogen-bond donors (Lipinski definition) is 1. The summed E-state index contributed by atoms with van der Waals surface area (Å²) in [6.07, 6.45) is -0.447. The molecule has 1 N–H and O–H groups in total. The Bertz CT molecular complexity index is 1270. The highest BCUT2D eigenvalue weighted by atomic mass is 32.2. The van der Waals surface area contributed by atoms with E-state index in [1.807, 2.05) is 4.72 Å². The fourth-order valence-corrected chi connectivity index (χ4v) is 5.58. The molecule has 0 bridgehead atoms. The van der Waals surface area contributed by atoms with Crippen LogP contribution in [0.3, 0.4) is 0 Å². The summed E-state index contributed by atoms with van der Waals surface area (Å²) in [6.45, 7) is 5.10. The summed E-state index contributed by atoms with van der Waals surface area (Å²) in [4.78, 5) is 14.2. The quantitative estimate of drug-likeness (QED) is 0.186. The molecule has 0 radical (unpaired) electrons. The average molecular weight is 593 g/mol. The monoisotopic (exact) mass is 592 g/mol. The van der Waals surface area contributed by atoms with Crippen molar-refractivity contribution in [1.29, 1.82) is 0 Å². The number of aryl methyl sites for hydroxylation is 1. The highest BCUT2D eigenvalue weighted by molar-refractivity contribution is 7.92. The largest absolute Gasteiger partial charge is 0.458 e. The topological polar surface area (TPSA) is 135 Å². The molecule has 16 heteroatoms. The summed E-state index contributed by atoms with van der Waals surface area (Å²) in [7, 11) is -3.33. The Kier molecular flexibility index (Phi) is 10.6. The van der Waals surface area contributed by atoms with Crippen LogP contribution in [0.5, 0.6) is 0 Å². The number of carbonyl (C=O) groups excluding carboxylic acids is 1. The van der Waals surface area contributed by atoms with Crippen LogP contribution in [-0.4, -0.2) is 69.4 Å². The van der Waals surface area contributed by atoms with E-state index in [-0.39, 0.29) is 40.8 Å². The van der Waals surface area contributed by atoms with E-state index < -0.39 is 27.9 Å². The van der Waals surface area contributed by atoms with E-state index in [0.29, 0.717) is 6.42 Å². The molecule has 0 fully saturated rings. The molecule has 0 saturated heterocycles. The lowest BCUT2D eigenvalue weighted by Gasteiger charge is -2.37. The fraction of sp³-hybridized carbons (Fsp3) is 0.609. The summed E-state index contributed by atoms with van der Waals surface area (Å²) in [6, 6.07) is 3.30. The van der Waals surface area contributed by atoms with Gasteiger partial charge in [0, 0.05) is 25.4 Å². The van der Waals surface area contributed by atoms with Gasteiger partial charge in [-0.15, -0.1) is 20.4 Å². The minimum atomic E-state index is -4.93. The fourth-order valence-electron chi connectivity index (χ4n) is 4.02. The van der Waals surface area contributed by atoms with Gasteiger partial charge < -0.3 is 14.4 Å². The Morgan fingerprint density at radius 1 is 1.23 bits per heavy atom. The van der Waals surface area contributed by atoms with Crippen LogP contribution in [0.4, 0.5) is 35.4 Å². The minimum absolute atomic E-state index is 0.0157. The van der Waals surface area contributed by atoms with Crippen LogP contribution in [0.2, 0.25) is 0 Å². The summed E-state index contributed by atoms with van der Waals surface area (Å²) in [5.74, 6) is -2.77. The van der Waals surface area contributed by atoms with Crippen LogP contribution < -0.4 is 9.62 Å². The number of sulfonamides is 1. The number of alkyl halides is 3. The van der Waals surface area contributed by atoms with E-state index in [0.717, 1.165) is 54.8 Å². The SMILES string of the molecule is CCCCCN1c2cc(NS(=O)(=O)CC(F)(F)F)c(N=Nc3nnc(C(=O)OCCOC)s3)cc2CCC1C. The normalized spacial score (nSPS) is 15.9. The van der Waals surface area contributed by atoms with Gasteiger partial charge in [0.1, 0.15) is 12.3 Å². The first kappa shape index (κ1) is 30.7. The second-order valence-electron chi connectivity index (χ2n) is 8.98. The number of nitrogens with zero attached hydrogens (tertiary/aromatic N) is 5. The Balaban J connectivity index is 1.94. The first-order valence-electron chi connectivity index (χ1n) is 12.3. The molecule has 1 aromatic carbocycles. The molecule has 0 spiro atoms. The molecule has 216 valence electrons. The number of unbranched alkanes of at least 4 members (excludes halogenated alkanes) is 2. The van der Waals surface area contributed by atoms with Gasteiger partial charge in [0.05, 0.1) is 12.3 Å². The van der Waals surface area contributed by atoms with E-state index in [1.54, 1.807) is 6.07 Å². The van der Waals surface area contributed by atoms with Crippen LogP contribution in [0.1, 0.15) is 54.9 Å². The summed E-state index contributed by atoms with van der Waals surface area (Å²) in [5, 5.41) is 15.4. The second-order valence-corrected chi connectivity index (χ2v) is 11.7. The number of ether oxygens (including phenoxy) is 2. The zero-order valence-corrected chi connectivity index (χ0v) is 23.5. The molecule has 1 unspecified atom stereocenters. The van der Waals surface area contributed by atoms with E-state index in [9.17, 15) is 26.4 Å². The zero-order chi connectivity index (χ0) is 28.6. The highest BCUT2D eigenvalue weighted by Gasteiger charge is 2.36. The lowest BCUT2D eigenvalue weighted by molar-refractivity contribution is -0.106. The van der Waals surface area contributed by atoms with Crippen molar-refractivity contribution in [3.05, 3.63) is 22.7 Å². The second kappa shape index (κ2) is 13.5. The van der Waals surface area contributed by atoms with Crippen molar-refractivity contribution in [2.75, 3.05) is 42.2 Å². The van der Waals surface area contributed by atoms with Crippen LogP contribution in [0.25, 0.3) is 0 Å². The van der Waals surface area contributed by atoms with E-state index in [2.05, 4.69) is 39.2 Å². The van der Waals surface area contributed by atoms with Crippen LogP contribution >= 0.6 is 11.3 Å². The van der Waals surface area contributed by atoms with Crippen molar-refractivity contribution in [2.45, 2.75) is 58.2 Å². The molecule has 0 amide bonds. The predicted molar refractivity (Wildman–Crippen MR) is 141 cm³/mol. The Hall–Kier alpha value is -2.85. The number of aromatic nitrogens is 2. The van der Waals surface area contributed by atoms with Crippen LogP contribution in [-0.2, 0) is 25.9 Å². The average Bonchev–Trinajstić information content (AvgIpc) is 3.32. The molecular weight excluding hydrogens is 561 g/mol. The van der Waals surface area contributed by atoms with Crippen molar-refractivity contribution < 1.29 is 35.9 Å². The number of fused-ring (bicyclic) bond motifs is 1. The van der Waals surface area contributed by atoms with Gasteiger partial charge in [-0.3, -0.25) is 4.72 Å². The third-order valence-electron chi connectivity index (χ3n) is 5.84. The van der Waals surface area contributed by atoms with Crippen molar-refractivity contribution in [3.8, 4) is 0 Å². The molecule has 0 aliphatic carbocycles. The number of esters is 1. The number of benzene rings is 1. The third kappa shape index (κ3) is 9.10. The van der Waals surface area contributed by atoms with Gasteiger partial charge >= 0.3 is 12.1 Å². The number of rotatable bonds is 13. The number of carbonyl (C=O) groups is 1. The maximum atomic E-state index is 12.9. The van der Waals surface area contributed by atoms with E-state index in [4.69, 9.17) is 9.47 Å². The summed E-state index contributed by atoms with van der Waals surface area (Å²) >= 11 is 0.792. The Morgan fingerprint density at radius 3 is 2.69 bits per heavy atom. The molecule has 11 nitrogen and oxygen atoms in total. The molecule has 1 aliphatic heterocycles. The van der Waals surface area contributed by atoms with Gasteiger partial charge in [-0.05, 0) is 43.9 Å². The molecule has 39 heavy (non-hydrogen) atoms. The molecule has 2 heterocycles. The Labute approximate surface area is 228 Å². The molecule has 3 rings (SSSR count). The van der Waals surface area contributed by atoms with E-state index >= 15 is 0 Å². The highest BCUT2D eigenvalue weighted by Crippen LogP contribution is 2.40. The van der Waals surface area contributed by atoms with Gasteiger partial charge in [-0.1, -0.05) is 31.1 Å². The zero-order valence-electron chi connectivity index (χ0n) is 21.8. The molecule has 0 saturated carbocycles. The number of nitrogens with one attached hydrogen (secondary N) is 1. The number of anilines is 2. The third-order valence-corrected chi connectivity index (χ3v) is 7.87. The van der Waals surface area contributed by atoms with Crippen molar-refractivity contribution in [1.82, 2.24) is 10.2 Å². The smallest absolute Gasteiger partial charge is 0.404 e. The number of hydrogen-bond acceptors (Lipinski definition) is 11. The van der Waals surface area contributed by atoms with Gasteiger partial charge in [-0.25, -0.2) is 13.2 Å². The van der Waals surface area contributed by atoms with Gasteiger partial charge in [-0.2, -0.15) is 13.2 Å². The Morgan fingerprint density at radius 2 is 2.00 bits per heavy atom. The van der Waals surface area contributed by atoms with Crippen molar-refractivity contribution in [3.63, 3.8) is 0 Å². The summed E-state index contributed by atoms with van der Waals surface area (Å²) < 4.78 is 75.3. The number of methoxy groups -OCH3 is 1. The van der Waals surface area contributed by atoms with Crippen molar-refractivity contribution >= 4 is 49.5 Å². The number of azo groups is 1. The number of halogens is 3. The van der Waals surface area contributed by atoms with Gasteiger partial charge in [0.15, 0.2) is 5.75 Å². The predicted octanol–water partition coefficient (Wildman–Crippen LogP) is 5.39. The molecular formula is C23H31F3N6O5S2. The van der Waals surface area contributed by atoms with Gasteiger partial charge in [0.2, 0.25) is 15.0 Å². The minimum Gasteiger partial charge on any atom is -0.458 e. The molecule has 2 aromatic rings. The van der Waals surface area contributed by atoms with E-state index in [1.165, 1.54) is 13.2 Å². The van der Waals surface area contributed by atoms with Crippen LogP contribution in [0.15, 0.2) is 22.4 Å². The first-order valence-corrected chi connectivity index (χ1v) is 14.8. The lowest BCUT2D eigenvalue weighted by Crippen LogP contribution is -2.38. The summed E-state index contributed by atoms with van der Waals surface area (Å²) in [5.41, 5.74) is 1.49. The standard InChI is InChI=1S/C23H31F3N6O5S2/c1-4-5-6-9-32-15(2)7-8-16-12-17(18(13-19(16)32)31-39(34,35)14-23(24,25)26)27-29-22-30-28-20(38-22)21(33)37-11-10-36-3/h12-13,15,31H,4-11,14H2,1-3H3. The van der Waals surface area contributed by atoms with Gasteiger partial charge in [0.25, 0.3) is 5.13 Å². The molecule has 1 aromatic heterocycles. The maximum absolute atomic E-state index is 12.9. The van der Waals surface area contributed by atoms with Crippen molar-refractivity contribution in [2.24, 2.45) is 10.2 Å².